The number of nitrogens with zero attached hydrogens (tertiary/aromatic N) is 1. The van der Waals surface area contributed by atoms with Crippen LogP contribution in [0.15, 0.2) is 18.2 Å². The highest BCUT2D eigenvalue weighted by molar-refractivity contribution is 5.45. The number of morpholine rings is 1. The van der Waals surface area contributed by atoms with Crippen molar-refractivity contribution in [2.24, 2.45) is 0 Å². The lowest BCUT2D eigenvalue weighted by molar-refractivity contribution is 0.0382. The number of benzene rings is 1. The monoisotopic (exact) mass is 278 g/mol. The summed E-state index contributed by atoms with van der Waals surface area (Å²) >= 11 is 0. The van der Waals surface area contributed by atoms with Gasteiger partial charge in [-0.2, -0.15) is 0 Å². The Morgan fingerprint density at radius 2 is 2.00 bits per heavy atom. The molecule has 1 aromatic carbocycles. The molecule has 1 unspecified atom stereocenters. The van der Waals surface area contributed by atoms with Gasteiger partial charge in [-0.1, -0.05) is 6.07 Å². The Bertz CT molecular complexity index is 447. The van der Waals surface area contributed by atoms with Gasteiger partial charge in [0.15, 0.2) is 11.5 Å². The number of fused-ring (bicyclic) bond motifs is 1. The van der Waals surface area contributed by atoms with Gasteiger partial charge in [0.25, 0.3) is 0 Å². The highest BCUT2D eigenvalue weighted by Gasteiger charge is 2.16. The van der Waals surface area contributed by atoms with Gasteiger partial charge in [-0.15, -0.1) is 0 Å². The third-order valence-corrected chi connectivity index (χ3v) is 3.88. The largest absolute Gasteiger partial charge is 0.454 e. The van der Waals surface area contributed by atoms with Gasteiger partial charge in [0, 0.05) is 32.2 Å². The van der Waals surface area contributed by atoms with E-state index in [0.717, 1.165) is 50.9 Å². The number of nitrogens with one attached hydrogen (secondary N) is 1. The molecule has 0 amide bonds. The van der Waals surface area contributed by atoms with Crippen LogP contribution in [0.2, 0.25) is 0 Å². The summed E-state index contributed by atoms with van der Waals surface area (Å²) in [5.41, 5.74) is 1.23. The van der Waals surface area contributed by atoms with Crippen molar-refractivity contribution in [1.29, 1.82) is 0 Å². The van der Waals surface area contributed by atoms with Crippen LogP contribution >= 0.6 is 0 Å². The van der Waals surface area contributed by atoms with Crippen LogP contribution in [-0.2, 0) is 4.74 Å². The van der Waals surface area contributed by atoms with Crippen LogP contribution in [0.4, 0.5) is 0 Å². The van der Waals surface area contributed by atoms with Crippen molar-refractivity contribution in [3.63, 3.8) is 0 Å². The highest BCUT2D eigenvalue weighted by Crippen LogP contribution is 2.34. The highest BCUT2D eigenvalue weighted by atomic mass is 16.7. The number of hydrogen-bond donors (Lipinski definition) is 1. The smallest absolute Gasteiger partial charge is 0.231 e. The molecule has 1 saturated heterocycles. The molecule has 0 bridgehead atoms. The Kier molecular flexibility index (Phi) is 4.40. The van der Waals surface area contributed by atoms with Gasteiger partial charge in [-0.25, -0.2) is 0 Å². The van der Waals surface area contributed by atoms with Crippen molar-refractivity contribution in [3.05, 3.63) is 23.8 Å². The van der Waals surface area contributed by atoms with Crippen molar-refractivity contribution >= 4 is 0 Å². The Labute approximate surface area is 119 Å². The van der Waals surface area contributed by atoms with E-state index < -0.39 is 0 Å². The van der Waals surface area contributed by atoms with Gasteiger partial charge in [0.1, 0.15) is 0 Å². The van der Waals surface area contributed by atoms with E-state index in [-0.39, 0.29) is 0 Å². The van der Waals surface area contributed by atoms with Crippen LogP contribution in [0.5, 0.6) is 11.5 Å². The second kappa shape index (κ2) is 6.43. The predicted molar refractivity (Wildman–Crippen MR) is 76.2 cm³/mol. The van der Waals surface area contributed by atoms with Crippen LogP contribution in [0, 0.1) is 0 Å². The average Bonchev–Trinajstić information content (AvgIpc) is 2.95. The van der Waals surface area contributed by atoms with Crippen LogP contribution in [-0.4, -0.2) is 51.1 Å². The fourth-order valence-electron chi connectivity index (χ4n) is 2.56. The molecule has 2 aliphatic heterocycles. The fourth-order valence-corrected chi connectivity index (χ4v) is 2.56. The first kappa shape index (κ1) is 13.7. The molecule has 2 aliphatic rings. The summed E-state index contributed by atoms with van der Waals surface area (Å²) in [5, 5.41) is 3.56. The van der Waals surface area contributed by atoms with E-state index in [1.54, 1.807) is 0 Å². The quantitative estimate of drug-likeness (QED) is 0.882. The first-order valence-corrected chi connectivity index (χ1v) is 7.26. The second-order valence-corrected chi connectivity index (χ2v) is 5.24. The molecule has 1 fully saturated rings. The standard InChI is InChI=1S/C15H22N2O3/c1-12(16-4-5-17-6-8-18-9-7-17)13-2-3-14-15(10-13)20-11-19-14/h2-3,10,12,16H,4-9,11H2,1H3. The van der Waals surface area contributed by atoms with E-state index in [2.05, 4.69) is 29.3 Å². The molecule has 5 heteroatoms. The minimum Gasteiger partial charge on any atom is -0.454 e. The van der Waals surface area contributed by atoms with E-state index >= 15 is 0 Å². The minimum atomic E-state index is 0.311. The molecular weight excluding hydrogens is 256 g/mol. The Morgan fingerprint density at radius 3 is 2.85 bits per heavy atom. The SMILES string of the molecule is CC(NCCN1CCOCC1)c1ccc2c(c1)OCO2. The van der Waals surface area contributed by atoms with Gasteiger partial charge in [-0.3, -0.25) is 4.90 Å². The molecule has 0 spiro atoms. The van der Waals surface area contributed by atoms with E-state index in [4.69, 9.17) is 14.2 Å². The van der Waals surface area contributed by atoms with E-state index in [1.165, 1.54) is 5.56 Å². The van der Waals surface area contributed by atoms with E-state index in [1.807, 2.05) is 6.07 Å². The van der Waals surface area contributed by atoms with Crippen molar-refractivity contribution in [2.45, 2.75) is 13.0 Å². The average molecular weight is 278 g/mol. The first-order chi connectivity index (χ1) is 9.83. The zero-order chi connectivity index (χ0) is 13.8. The van der Waals surface area contributed by atoms with Crippen molar-refractivity contribution in [2.75, 3.05) is 46.2 Å². The maximum absolute atomic E-state index is 5.42. The number of rotatable bonds is 5. The van der Waals surface area contributed by atoms with Crippen LogP contribution in [0.3, 0.4) is 0 Å². The molecule has 1 atom stereocenters. The lowest BCUT2D eigenvalue weighted by Gasteiger charge is -2.27. The van der Waals surface area contributed by atoms with Crippen LogP contribution in [0.1, 0.15) is 18.5 Å². The molecule has 5 nitrogen and oxygen atoms in total. The normalized spacial score (nSPS) is 20.1. The molecule has 3 rings (SSSR count). The Hall–Kier alpha value is -1.30. The van der Waals surface area contributed by atoms with Gasteiger partial charge in [0.05, 0.1) is 13.2 Å². The lowest BCUT2D eigenvalue weighted by atomic mass is 10.1. The zero-order valence-corrected chi connectivity index (χ0v) is 11.9. The summed E-state index contributed by atoms with van der Waals surface area (Å²) in [6.07, 6.45) is 0. The maximum Gasteiger partial charge on any atom is 0.231 e. The van der Waals surface area contributed by atoms with Crippen molar-refractivity contribution in [1.82, 2.24) is 10.2 Å². The third-order valence-electron chi connectivity index (χ3n) is 3.88. The fraction of sp³-hybridized carbons (Fsp3) is 0.600. The molecular formula is C15H22N2O3. The Morgan fingerprint density at radius 1 is 1.20 bits per heavy atom. The molecule has 2 heterocycles. The minimum absolute atomic E-state index is 0.311. The second-order valence-electron chi connectivity index (χ2n) is 5.24. The molecule has 0 radical (unpaired) electrons. The third kappa shape index (κ3) is 3.23. The topological polar surface area (TPSA) is 43.0 Å². The van der Waals surface area contributed by atoms with Crippen molar-refractivity contribution < 1.29 is 14.2 Å². The van der Waals surface area contributed by atoms with Gasteiger partial charge >= 0.3 is 0 Å². The van der Waals surface area contributed by atoms with Crippen LogP contribution in [0.25, 0.3) is 0 Å². The Balaban J connectivity index is 1.47. The molecule has 0 aromatic heterocycles. The first-order valence-electron chi connectivity index (χ1n) is 7.26. The lowest BCUT2D eigenvalue weighted by Crippen LogP contribution is -2.40. The molecule has 0 aliphatic carbocycles. The number of ether oxygens (including phenoxy) is 3. The summed E-state index contributed by atoms with van der Waals surface area (Å²) in [6.45, 7) is 8.36. The van der Waals surface area contributed by atoms with Gasteiger partial charge in [0.2, 0.25) is 6.79 Å². The summed E-state index contributed by atoms with van der Waals surface area (Å²) in [5.74, 6) is 1.69. The van der Waals surface area contributed by atoms with E-state index in [9.17, 15) is 0 Å². The van der Waals surface area contributed by atoms with E-state index in [0.29, 0.717) is 12.8 Å². The molecule has 1 aromatic rings. The predicted octanol–water partition coefficient (Wildman–Crippen LogP) is 1.40. The van der Waals surface area contributed by atoms with Crippen molar-refractivity contribution in [3.8, 4) is 11.5 Å². The summed E-state index contributed by atoms with van der Waals surface area (Å²) in [4.78, 5) is 2.43. The summed E-state index contributed by atoms with van der Waals surface area (Å²) < 4.78 is 16.1. The maximum atomic E-state index is 5.42. The van der Waals surface area contributed by atoms with Crippen LogP contribution < -0.4 is 14.8 Å². The molecule has 1 N–H and O–H groups in total. The van der Waals surface area contributed by atoms with Gasteiger partial charge in [-0.05, 0) is 24.6 Å². The summed E-state index contributed by atoms with van der Waals surface area (Å²) in [7, 11) is 0. The molecule has 20 heavy (non-hydrogen) atoms. The zero-order valence-electron chi connectivity index (χ0n) is 11.9. The number of hydrogen-bond acceptors (Lipinski definition) is 5. The molecule has 110 valence electrons. The van der Waals surface area contributed by atoms with Gasteiger partial charge < -0.3 is 19.5 Å². The molecule has 0 saturated carbocycles. The summed E-state index contributed by atoms with van der Waals surface area (Å²) in [6, 6.07) is 6.46.